The molecule has 1 unspecified atom stereocenters. The average molecular weight is 174 g/mol. The Bertz CT molecular complexity index is 78.5. The average Bonchev–Trinajstić information content (AvgIpc) is 2.13. The molecule has 0 aromatic rings. The van der Waals surface area contributed by atoms with E-state index in [4.69, 9.17) is 10.8 Å². The van der Waals surface area contributed by atoms with Crippen molar-refractivity contribution in [2.45, 2.75) is 32.7 Å². The number of hydrogen-bond donors (Lipinski definition) is 3. The normalized spacial score (nSPS) is 13.8. The molecule has 0 heterocycles. The van der Waals surface area contributed by atoms with Gasteiger partial charge in [0.25, 0.3) is 0 Å². The van der Waals surface area contributed by atoms with Gasteiger partial charge in [-0.3, -0.25) is 0 Å². The van der Waals surface area contributed by atoms with E-state index in [9.17, 15) is 0 Å². The first-order chi connectivity index (χ1) is 5.78. The van der Waals surface area contributed by atoms with E-state index in [0.717, 1.165) is 6.54 Å². The second-order valence-electron chi connectivity index (χ2n) is 3.21. The molecule has 0 fully saturated rings. The van der Waals surface area contributed by atoms with Crippen LogP contribution in [0.5, 0.6) is 0 Å². The first-order valence-electron chi connectivity index (χ1n) is 4.82. The van der Waals surface area contributed by atoms with Crippen LogP contribution in [0.25, 0.3) is 0 Å². The van der Waals surface area contributed by atoms with Gasteiger partial charge < -0.3 is 16.2 Å². The predicted octanol–water partition coefficient (Wildman–Crippen LogP) is 0.332. The molecule has 0 aliphatic carbocycles. The highest BCUT2D eigenvalue weighted by Gasteiger charge is 2.07. The fourth-order valence-electron chi connectivity index (χ4n) is 1.13. The van der Waals surface area contributed by atoms with Gasteiger partial charge in [-0.1, -0.05) is 26.7 Å². The number of nitrogens with one attached hydrogen (secondary N) is 1. The molecular weight excluding hydrogens is 152 g/mol. The summed E-state index contributed by atoms with van der Waals surface area (Å²) < 4.78 is 0. The summed E-state index contributed by atoms with van der Waals surface area (Å²) in [5.41, 5.74) is 5.43. The molecule has 0 amide bonds. The lowest BCUT2D eigenvalue weighted by molar-refractivity contribution is 0.238. The van der Waals surface area contributed by atoms with Crippen molar-refractivity contribution < 1.29 is 5.11 Å². The predicted molar refractivity (Wildman–Crippen MR) is 52.0 cm³/mol. The molecule has 0 aromatic heterocycles. The summed E-state index contributed by atoms with van der Waals surface area (Å²) in [5.74, 6) is 0.714. The third kappa shape index (κ3) is 4.70. The van der Waals surface area contributed by atoms with Crippen molar-refractivity contribution in [2.75, 3.05) is 19.7 Å². The van der Waals surface area contributed by atoms with Crippen LogP contribution in [0.4, 0.5) is 0 Å². The molecule has 4 N–H and O–H groups in total. The van der Waals surface area contributed by atoms with Crippen molar-refractivity contribution in [3.05, 3.63) is 0 Å². The minimum Gasteiger partial charge on any atom is -0.395 e. The zero-order valence-corrected chi connectivity index (χ0v) is 8.21. The van der Waals surface area contributed by atoms with Crippen LogP contribution < -0.4 is 11.1 Å². The van der Waals surface area contributed by atoms with E-state index in [2.05, 4.69) is 19.2 Å². The van der Waals surface area contributed by atoms with Gasteiger partial charge in [0.15, 0.2) is 0 Å². The minimum atomic E-state index is 0.0746. The number of aliphatic hydroxyl groups excluding tert-OH is 1. The quantitative estimate of drug-likeness (QED) is 0.521. The molecule has 1 atom stereocenters. The summed E-state index contributed by atoms with van der Waals surface area (Å²) in [4.78, 5) is 0. The van der Waals surface area contributed by atoms with Crippen molar-refractivity contribution in [1.82, 2.24) is 5.32 Å². The van der Waals surface area contributed by atoms with Gasteiger partial charge in [-0.15, -0.1) is 0 Å². The zero-order chi connectivity index (χ0) is 9.40. The van der Waals surface area contributed by atoms with Crippen molar-refractivity contribution in [3.8, 4) is 0 Å². The molecule has 0 rings (SSSR count). The first kappa shape index (κ1) is 11.9. The van der Waals surface area contributed by atoms with Crippen LogP contribution in [-0.4, -0.2) is 30.8 Å². The third-order valence-corrected chi connectivity index (χ3v) is 2.35. The number of nitrogens with two attached hydrogens (primary N) is 1. The summed E-state index contributed by atoms with van der Waals surface area (Å²) >= 11 is 0. The molecule has 0 spiro atoms. The Kier molecular flexibility index (Phi) is 7.45. The van der Waals surface area contributed by atoms with Crippen molar-refractivity contribution in [3.63, 3.8) is 0 Å². The molecule has 0 aliphatic heterocycles. The van der Waals surface area contributed by atoms with Gasteiger partial charge in [0.05, 0.1) is 6.61 Å². The molecule has 12 heavy (non-hydrogen) atoms. The fourth-order valence-corrected chi connectivity index (χ4v) is 1.13. The smallest absolute Gasteiger partial charge is 0.0597 e. The molecule has 0 aromatic carbocycles. The lowest BCUT2D eigenvalue weighted by Gasteiger charge is -2.18. The Morgan fingerprint density at radius 3 is 2.25 bits per heavy atom. The van der Waals surface area contributed by atoms with Crippen molar-refractivity contribution in [2.24, 2.45) is 11.7 Å². The third-order valence-electron chi connectivity index (χ3n) is 2.35. The number of hydrogen-bond acceptors (Lipinski definition) is 3. The van der Waals surface area contributed by atoms with Crippen LogP contribution >= 0.6 is 0 Å². The summed E-state index contributed by atoms with van der Waals surface area (Å²) in [7, 11) is 0. The van der Waals surface area contributed by atoms with Gasteiger partial charge in [0.1, 0.15) is 0 Å². The molecule has 0 saturated heterocycles. The van der Waals surface area contributed by atoms with E-state index in [-0.39, 0.29) is 12.6 Å². The van der Waals surface area contributed by atoms with E-state index in [1.807, 2.05) is 0 Å². The highest BCUT2D eigenvalue weighted by molar-refractivity contribution is 4.68. The van der Waals surface area contributed by atoms with Gasteiger partial charge in [-0.25, -0.2) is 0 Å². The Balaban J connectivity index is 3.49. The minimum absolute atomic E-state index is 0.0746. The van der Waals surface area contributed by atoms with Crippen LogP contribution in [0.2, 0.25) is 0 Å². The maximum absolute atomic E-state index is 8.84. The monoisotopic (exact) mass is 174 g/mol. The van der Waals surface area contributed by atoms with Crippen LogP contribution in [0, 0.1) is 5.92 Å². The molecule has 0 radical (unpaired) electrons. The lowest BCUT2D eigenvalue weighted by atomic mass is 10.0. The highest BCUT2D eigenvalue weighted by Crippen LogP contribution is 2.05. The van der Waals surface area contributed by atoms with E-state index < -0.39 is 0 Å². The summed E-state index contributed by atoms with van der Waals surface area (Å²) in [5, 5.41) is 12.1. The topological polar surface area (TPSA) is 58.3 Å². The second-order valence-corrected chi connectivity index (χ2v) is 3.21. The summed E-state index contributed by atoms with van der Waals surface area (Å²) in [6.07, 6.45) is 2.37. The molecular formula is C9H22N2O. The molecule has 74 valence electrons. The second kappa shape index (κ2) is 7.53. The standard InChI is InChI=1S/C9H22N2O/c1-3-8(4-2)6-11-9(5-10)7-12/h8-9,11-12H,3-7,10H2,1-2H3. The molecule has 0 aliphatic rings. The van der Waals surface area contributed by atoms with E-state index in [1.54, 1.807) is 0 Å². The van der Waals surface area contributed by atoms with Gasteiger partial charge in [-0.05, 0) is 12.5 Å². The Morgan fingerprint density at radius 2 is 1.92 bits per heavy atom. The number of aliphatic hydroxyl groups is 1. The molecule has 3 nitrogen and oxygen atoms in total. The lowest BCUT2D eigenvalue weighted by Crippen LogP contribution is -2.41. The highest BCUT2D eigenvalue weighted by atomic mass is 16.3. The summed E-state index contributed by atoms with van der Waals surface area (Å²) in [6.45, 7) is 5.99. The van der Waals surface area contributed by atoms with Crippen LogP contribution in [0.15, 0.2) is 0 Å². The van der Waals surface area contributed by atoms with E-state index in [0.29, 0.717) is 12.5 Å². The van der Waals surface area contributed by atoms with Crippen molar-refractivity contribution in [1.29, 1.82) is 0 Å². The van der Waals surface area contributed by atoms with Gasteiger partial charge in [0, 0.05) is 12.6 Å². The van der Waals surface area contributed by atoms with Crippen LogP contribution in [0.1, 0.15) is 26.7 Å². The fraction of sp³-hybridized carbons (Fsp3) is 1.00. The Morgan fingerprint density at radius 1 is 1.33 bits per heavy atom. The van der Waals surface area contributed by atoms with Gasteiger partial charge in [0.2, 0.25) is 0 Å². The van der Waals surface area contributed by atoms with Gasteiger partial charge in [-0.2, -0.15) is 0 Å². The summed E-state index contributed by atoms with van der Waals surface area (Å²) in [6, 6.07) is 0.0746. The van der Waals surface area contributed by atoms with Crippen LogP contribution in [-0.2, 0) is 0 Å². The van der Waals surface area contributed by atoms with E-state index >= 15 is 0 Å². The maximum Gasteiger partial charge on any atom is 0.0597 e. The van der Waals surface area contributed by atoms with E-state index in [1.165, 1.54) is 12.8 Å². The maximum atomic E-state index is 8.84. The molecule has 0 bridgehead atoms. The Hall–Kier alpha value is -0.120. The van der Waals surface area contributed by atoms with Gasteiger partial charge >= 0.3 is 0 Å². The van der Waals surface area contributed by atoms with Crippen molar-refractivity contribution >= 4 is 0 Å². The van der Waals surface area contributed by atoms with Crippen LogP contribution in [0.3, 0.4) is 0 Å². The SMILES string of the molecule is CCC(CC)CNC(CN)CO. The first-order valence-corrected chi connectivity index (χ1v) is 4.82. The Labute approximate surface area is 75.3 Å². The molecule has 3 heteroatoms. The number of rotatable bonds is 7. The zero-order valence-electron chi connectivity index (χ0n) is 8.21. The molecule has 0 saturated carbocycles. The largest absolute Gasteiger partial charge is 0.395 e.